The molecule has 0 saturated carbocycles. The fourth-order valence-corrected chi connectivity index (χ4v) is 4.70. The van der Waals surface area contributed by atoms with E-state index in [0.717, 1.165) is 46.8 Å². The van der Waals surface area contributed by atoms with E-state index in [1.807, 2.05) is 42.5 Å². The van der Waals surface area contributed by atoms with Crippen molar-refractivity contribution < 1.29 is 5.11 Å². The third-order valence-corrected chi connectivity index (χ3v) is 6.29. The number of halogens is 1. The molecule has 1 N–H and O–H groups in total. The number of aryl methyl sites for hydroxylation is 1. The number of aliphatic hydroxyl groups is 1. The summed E-state index contributed by atoms with van der Waals surface area (Å²) in [5.74, 6) is 0.960. The van der Waals surface area contributed by atoms with Crippen LogP contribution in [0, 0.1) is 0 Å². The molecule has 5 rings (SSSR count). The van der Waals surface area contributed by atoms with Gasteiger partial charge in [0.1, 0.15) is 5.82 Å². The summed E-state index contributed by atoms with van der Waals surface area (Å²) in [6.45, 7) is 2.11. The number of rotatable bonds is 6. The molecule has 3 aromatic carbocycles. The van der Waals surface area contributed by atoms with Crippen molar-refractivity contribution >= 4 is 28.3 Å². The molecular weight excluding hydrogens is 406 g/mol. The first-order valence-corrected chi connectivity index (χ1v) is 11.2. The molecule has 0 bridgehead atoms. The van der Waals surface area contributed by atoms with Gasteiger partial charge in [-0.1, -0.05) is 54.1 Å². The highest BCUT2D eigenvalue weighted by Gasteiger charge is 2.21. The van der Waals surface area contributed by atoms with Gasteiger partial charge in [0, 0.05) is 30.2 Å². The van der Waals surface area contributed by atoms with Crippen LogP contribution in [-0.2, 0) is 19.4 Å². The lowest BCUT2D eigenvalue weighted by atomic mass is 10.0. The van der Waals surface area contributed by atoms with Crippen LogP contribution in [0.25, 0.3) is 11.0 Å². The van der Waals surface area contributed by atoms with Crippen molar-refractivity contribution in [1.82, 2.24) is 9.55 Å². The Morgan fingerprint density at radius 2 is 1.71 bits per heavy atom. The molecule has 158 valence electrons. The molecule has 31 heavy (non-hydrogen) atoms. The number of β-amino-alcohol motifs (C(OH)–C–C–N with tert-alkyl or cyclic N) is 1. The molecule has 1 atom stereocenters. The average molecular weight is 432 g/mol. The van der Waals surface area contributed by atoms with Gasteiger partial charge >= 0.3 is 0 Å². The first kappa shape index (κ1) is 20.1. The fraction of sp³-hybridized carbons (Fsp3) is 0.269. The van der Waals surface area contributed by atoms with E-state index >= 15 is 0 Å². The van der Waals surface area contributed by atoms with Crippen molar-refractivity contribution in [3.63, 3.8) is 0 Å². The van der Waals surface area contributed by atoms with Crippen LogP contribution in [0.4, 0.5) is 5.69 Å². The Bertz CT molecular complexity index is 1180. The number of nitrogens with zero attached hydrogens (tertiary/aromatic N) is 3. The van der Waals surface area contributed by atoms with Crippen molar-refractivity contribution in [2.45, 2.75) is 31.9 Å². The lowest BCUT2D eigenvalue weighted by molar-refractivity contribution is 0.159. The largest absolute Gasteiger partial charge is 0.389 e. The zero-order chi connectivity index (χ0) is 21.2. The molecule has 0 aliphatic carbocycles. The van der Waals surface area contributed by atoms with E-state index in [9.17, 15) is 5.11 Å². The van der Waals surface area contributed by atoms with Gasteiger partial charge in [0.15, 0.2) is 0 Å². The fourth-order valence-electron chi connectivity index (χ4n) is 4.57. The van der Waals surface area contributed by atoms with Crippen LogP contribution in [0.5, 0.6) is 0 Å². The van der Waals surface area contributed by atoms with E-state index in [2.05, 4.69) is 39.8 Å². The van der Waals surface area contributed by atoms with Crippen molar-refractivity contribution in [2.24, 2.45) is 0 Å². The van der Waals surface area contributed by atoms with Gasteiger partial charge in [-0.3, -0.25) is 0 Å². The number of para-hydroxylation sites is 3. The molecule has 0 radical (unpaired) electrons. The van der Waals surface area contributed by atoms with Gasteiger partial charge in [-0.2, -0.15) is 0 Å². The number of benzene rings is 3. The Kier molecular flexibility index (Phi) is 5.66. The molecular formula is C26H26ClN3O. The van der Waals surface area contributed by atoms with E-state index in [1.54, 1.807) is 0 Å². The first-order valence-electron chi connectivity index (χ1n) is 10.9. The van der Waals surface area contributed by atoms with Crippen LogP contribution >= 0.6 is 11.6 Å². The summed E-state index contributed by atoms with van der Waals surface area (Å²) in [7, 11) is 0. The lowest BCUT2D eigenvalue weighted by Gasteiger charge is -2.33. The van der Waals surface area contributed by atoms with Crippen LogP contribution in [-0.4, -0.2) is 33.9 Å². The molecule has 4 nitrogen and oxygen atoms in total. The van der Waals surface area contributed by atoms with Crippen molar-refractivity contribution in [3.8, 4) is 0 Å². The van der Waals surface area contributed by atoms with Crippen molar-refractivity contribution in [3.05, 3.63) is 94.8 Å². The number of aliphatic hydroxyl groups excluding tert-OH is 1. The molecule has 1 aromatic heterocycles. The van der Waals surface area contributed by atoms with Crippen LogP contribution in [0.2, 0.25) is 5.02 Å². The molecule has 0 amide bonds. The zero-order valence-electron chi connectivity index (χ0n) is 17.4. The summed E-state index contributed by atoms with van der Waals surface area (Å²) >= 11 is 6.05. The second kappa shape index (κ2) is 8.74. The van der Waals surface area contributed by atoms with Crippen LogP contribution in [0.1, 0.15) is 23.4 Å². The third-order valence-electron chi connectivity index (χ3n) is 6.04. The predicted molar refractivity (Wildman–Crippen MR) is 127 cm³/mol. The maximum Gasteiger partial charge on any atom is 0.114 e. The topological polar surface area (TPSA) is 41.3 Å². The molecule has 4 aromatic rings. The number of imidazole rings is 1. The Hall–Kier alpha value is -2.82. The maximum absolute atomic E-state index is 11.1. The summed E-state index contributed by atoms with van der Waals surface area (Å²) in [4.78, 5) is 7.19. The molecule has 0 spiro atoms. The quantitative estimate of drug-likeness (QED) is 0.462. The van der Waals surface area contributed by atoms with Crippen LogP contribution < -0.4 is 4.90 Å². The van der Waals surface area contributed by atoms with Gasteiger partial charge in [-0.05, 0) is 54.3 Å². The Balaban J connectivity index is 1.40. The molecule has 5 heteroatoms. The summed E-state index contributed by atoms with van der Waals surface area (Å²) in [5, 5.41) is 11.8. The number of fused-ring (bicyclic) bond motifs is 2. The molecule has 2 heterocycles. The summed E-state index contributed by atoms with van der Waals surface area (Å²) < 4.78 is 2.17. The number of aromatic nitrogens is 2. The standard InChI is InChI=1S/C26H26ClN3O/c27-21-13-11-19(12-14-21)16-26-28-23-8-2-4-10-25(23)30(26)18-22(31)17-29-15-5-7-20-6-1-3-9-24(20)29/h1-4,6,8-14,22,31H,5,7,15-18H2. The van der Waals surface area contributed by atoms with Gasteiger partial charge in [0.25, 0.3) is 0 Å². The van der Waals surface area contributed by atoms with Gasteiger partial charge in [0.2, 0.25) is 0 Å². The minimum Gasteiger partial charge on any atom is -0.389 e. The number of anilines is 1. The Labute approximate surface area is 187 Å². The smallest absolute Gasteiger partial charge is 0.114 e. The van der Waals surface area contributed by atoms with Gasteiger partial charge < -0.3 is 14.6 Å². The van der Waals surface area contributed by atoms with Crippen molar-refractivity contribution in [2.75, 3.05) is 18.0 Å². The SMILES string of the molecule is OC(CN1CCCc2ccccc21)Cn1c(Cc2ccc(Cl)cc2)nc2ccccc21. The van der Waals surface area contributed by atoms with E-state index in [1.165, 1.54) is 11.3 Å². The second-order valence-electron chi connectivity index (χ2n) is 8.26. The van der Waals surface area contributed by atoms with E-state index in [0.29, 0.717) is 19.5 Å². The number of hydrogen-bond donors (Lipinski definition) is 1. The molecule has 1 unspecified atom stereocenters. The highest BCUT2D eigenvalue weighted by Crippen LogP contribution is 2.27. The second-order valence-corrected chi connectivity index (χ2v) is 8.70. The van der Waals surface area contributed by atoms with E-state index in [-0.39, 0.29) is 0 Å². The maximum atomic E-state index is 11.1. The lowest BCUT2D eigenvalue weighted by Crippen LogP contribution is -2.38. The van der Waals surface area contributed by atoms with E-state index in [4.69, 9.17) is 16.6 Å². The minimum atomic E-state index is -0.493. The highest BCUT2D eigenvalue weighted by molar-refractivity contribution is 6.30. The number of hydrogen-bond acceptors (Lipinski definition) is 3. The van der Waals surface area contributed by atoms with E-state index < -0.39 is 6.10 Å². The predicted octanol–water partition coefficient (Wildman–Crippen LogP) is 5.09. The van der Waals surface area contributed by atoms with Crippen LogP contribution in [0.15, 0.2) is 72.8 Å². The minimum absolute atomic E-state index is 0.493. The summed E-state index contributed by atoms with van der Waals surface area (Å²) in [6.07, 6.45) is 2.44. The van der Waals surface area contributed by atoms with Crippen molar-refractivity contribution in [1.29, 1.82) is 0 Å². The summed E-state index contributed by atoms with van der Waals surface area (Å²) in [6, 6.07) is 24.6. The van der Waals surface area contributed by atoms with Gasteiger partial charge in [-0.25, -0.2) is 4.98 Å². The highest BCUT2D eigenvalue weighted by atomic mass is 35.5. The normalized spacial score (nSPS) is 14.6. The zero-order valence-corrected chi connectivity index (χ0v) is 18.2. The molecule has 1 aliphatic rings. The Morgan fingerprint density at radius 1 is 0.935 bits per heavy atom. The van der Waals surface area contributed by atoms with Crippen LogP contribution in [0.3, 0.4) is 0 Å². The monoisotopic (exact) mass is 431 g/mol. The first-order chi connectivity index (χ1) is 15.2. The summed E-state index contributed by atoms with van der Waals surface area (Å²) in [5.41, 5.74) is 5.80. The average Bonchev–Trinajstić information content (AvgIpc) is 3.12. The van der Waals surface area contributed by atoms with Gasteiger partial charge in [0.05, 0.1) is 23.7 Å². The Morgan fingerprint density at radius 3 is 2.58 bits per heavy atom. The third kappa shape index (κ3) is 4.32. The van der Waals surface area contributed by atoms with Gasteiger partial charge in [-0.15, -0.1) is 0 Å². The molecule has 0 saturated heterocycles. The molecule has 0 fully saturated rings. The molecule has 1 aliphatic heterocycles.